The Morgan fingerprint density at radius 1 is 0.511 bits per heavy atom. The fraction of sp³-hybridized carbons (Fsp3) is 0.941. The molecule has 2 N–H and O–H groups in total. The third-order valence-electron chi connectivity index (χ3n) is 7.06. The molecule has 0 rings (SSSR count). The van der Waals surface area contributed by atoms with Gasteiger partial charge in [0.25, 0.3) is 0 Å². The molecular weight excluding hydrogens is 944 g/mol. The Kier molecular flexibility index (Phi) is 85.6. The normalized spacial score (nSPS) is 10.2. The standard InChI is InChI=1S/2C10H25NP2.2C6H14.2CHO.3BrH.2Fe.H/c2*1-9(2)13(10(3)4)8-6-11-5-7-12;2*1-5(2)6(3)4;2*1-2;;;;;;/h2*9-11H,5-8,12H2,1-4H3;2*5-6H,1-4H3;2*1H;3*1H;;;/q;;;;2*-1;;;;+1;+2;/p-3. The molecule has 4 nitrogen and oxygen atoms in total. The van der Waals surface area contributed by atoms with Gasteiger partial charge in [-0.1, -0.05) is 111 Å². The summed E-state index contributed by atoms with van der Waals surface area (Å²) in [6, 6.07) is 0. The summed E-state index contributed by atoms with van der Waals surface area (Å²) in [5, 5.41) is 6.94. The van der Waals surface area contributed by atoms with Crippen LogP contribution in [0.2, 0.25) is 0 Å². The van der Waals surface area contributed by atoms with Crippen molar-refractivity contribution in [1.29, 1.82) is 0 Å². The van der Waals surface area contributed by atoms with Crippen LogP contribution in [-0.2, 0) is 35.1 Å². The van der Waals surface area contributed by atoms with E-state index in [1.807, 2.05) is 0 Å². The predicted octanol–water partition coefficient (Wildman–Crippen LogP) is 11.8. The maximum atomic E-state index is 7.75. The molecule has 47 heavy (non-hydrogen) atoms. The van der Waals surface area contributed by atoms with Crippen LogP contribution in [0, 0.1) is 23.7 Å². The molecular formula is C34H81Br3Fe2N2O2P4-2. The second-order valence-corrected chi connectivity index (χ2v) is 26.8. The summed E-state index contributed by atoms with van der Waals surface area (Å²) < 4.78 is 0. The predicted molar refractivity (Wildman–Crippen MR) is 240 cm³/mol. The van der Waals surface area contributed by atoms with Gasteiger partial charge in [0.05, 0.1) is 0 Å². The molecule has 0 amide bonds. The second-order valence-electron chi connectivity index (χ2n) is 13.0. The van der Waals surface area contributed by atoms with Gasteiger partial charge in [-0.3, -0.25) is 13.6 Å². The fourth-order valence-electron chi connectivity index (χ4n) is 3.10. The molecule has 0 radical (unpaired) electrons. The topological polar surface area (TPSA) is 58.2 Å². The Hall–Kier alpha value is 3.46. The molecule has 0 aliphatic heterocycles. The Labute approximate surface area is 340 Å². The van der Waals surface area contributed by atoms with E-state index < -0.39 is 0 Å². The van der Waals surface area contributed by atoms with Gasteiger partial charge in [-0.2, -0.15) is 0 Å². The van der Waals surface area contributed by atoms with Crippen molar-refractivity contribution in [2.45, 2.75) is 133 Å². The van der Waals surface area contributed by atoms with Crippen LogP contribution in [0.3, 0.4) is 0 Å². The van der Waals surface area contributed by atoms with E-state index in [1.165, 1.54) is 37.7 Å². The summed E-state index contributed by atoms with van der Waals surface area (Å²) in [5.74, 6) is 3.41. The quantitative estimate of drug-likeness (QED) is 0.0532. The summed E-state index contributed by atoms with van der Waals surface area (Å²) in [6.45, 7) is 48.0. The van der Waals surface area contributed by atoms with Crippen molar-refractivity contribution >= 4 is 90.2 Å². The van der Waals surface area contributed by atoms with E-state index in [0.29, 0.717) is 0 Å². The summed E-state index contributed by atoms with van der Waals surface area (Å²) >= 11 is 12.5. The molecule has 2 unspecified atom stereocenters. The fourth-order valence-corrected chi connectivity index (χ4v) is 8.79. The molecule has 0 saturated carbocycles. The van der Waals surface area contributed by atoms with Gasteiger partial charge in [-0.25, -0.2) is 0 Å². The van der Waals surface area contributed by atoms with Gasteiger partial charge in [0.1, 0.15) is 0 Å². The minimum absolute atomic E-state index is 0.235. The molecule has 0 fully saturated rings. The number of hydrogen-bond acceptors (Lipinski definition) is 4. The molecule has 0 aliphatic rings. The second kappa shape index (κ2) is 58.8. The van der Waals surface area contributed by atoms with E-state index >= 15 is 0 Å². The summed E-state index contributed by atoms with van der Waals surface area (Å²) in [5.41, 5.74) is 3.53. The molecule has 298 valence electrons. The average molecular weight is 1030 g/mol. The van der Waals surface area contributed by atoms with Crippen LogP contribution in [0.25, 0.3) is 0 Å². The maximum absolute atomic E-state index is 7.75. The molecule has 0 aromatic heterocycles. The van der Waals surface area contributed by atoms with Crippen LogP contribution in [0.5, 0.6) is 0 Å². The van der Waals surface area contributed by atoms with E-state index in [-0.39, 0.29) is 15.8 Å². The molecule has 0 aliphatic carbocycles. The Balaban J connectivity index is -0.0000000690. The van der Waals surface area contributed by atoms with E-state index in [1.54, 1.807) is 0 Å². The van der Waals surface area contributed by atoms with E-state index in [0.717, 1.165) is 70.7 Å². The zero-order valence-electron chi connectivity index (χ0n) is 33.2. The van der Waals surface area contributed by atoms with Crippen LogP contribution in [0.15, 0.2) is 0 Å². The molecule has 2 atom stereocenters. The van der Waals surface area contributed by atoms with Gasteiger partial charge < -0.3 is 20.2 Å². The van der Waals surface area contributed by atoms with E-state index in [9.17, 15) is 0 Å². The minimum atomic E-state index is 0.235. The average Bonchev–Trinajstić information content (AvgIpc) is 3.00. The van der Waals surface area contributed by atoms with E-state index in [2.05, 4.69) is 210 Å². The number of hydrogen-bond donors (Lipinski definition) is 2. The van der Waals surface area contributed by atoms with Gasteiger partial charge in [0, 0.05) is 0 Å². The van der Waals surface area contributed by atoms with Crippen molar-refractivity contribution in [2.75, 3.05) is 50.8 Å². The van der Waals surface area contributed by atoms with Crippen LogP contribution in [0.4, 0.5) is 0 Å². The molecule has 0 aromatic carbocycles. The number of carbonyl (C=O) groups excluding carboxylic acids is 2. The molecule has 0 aromatic rings. The van der Waals surface area contributed by atoms with Crippen molar-refractivity contribution in [3.05, 3.63) is 0 Å². The van der Waals surface area contributed by atoms with Crippen molar-refractivity contribution in [3.8, 4) is 0 Å². The van der Waals surface area contributed by atoms with Gasteiger partial charge in [0.15, 0.2) is 0 Å². The summed E-state index contributed by atoms with van der Waals surface area (Å²) in [4.78, 5) is 15.5. The molecule has 0 bridgehead atoms. The number of nitrogens with one attached hydrogen (secondary N) is 2. The zero-order chi connectivity index (χ0) is 39.6. The van der Waals surface area contributed by atoms with E-state index in [4.69, 9.17) is 9.59 Å². The first-order valence-corrected chi connectivity index (χ1v) is 30.0. The van der Waals surface area contributed by atoms with Crippen molar-refractivity contribution in [1.82, 2.24) is 10.6 Å². The summed E-state index contributed by atoms with van der Waals surface area (Å²) in [7, 11) is 5.98. The first-order chi connectivity index (χ1) is 21.9. The Morgan fingerprint density at radius 3 is 0.787 bits per heavy atom. The molecule has 0 spiro atoms. The van der Waals surface area contributed by atoms with Crippen molar-refractivity contribution in [2.24, 2.45) is 23.7 Å². The number of halogens is 3. The number of rotatable bonds is 16. The van der Waals surface area contributed by atoms with Gasteiger partial charge in [-0.05, 0) is 97.1 Å². The van der Waals surface area contributed by atoms with Crippen molar-refractivity contribution in [3.63, 3.8) is 0 Å². The van der Waals surface area contributed by atoms with Crippen LogP contribution < -0.4 is 10.6 Å². The van der Waals surface area contributed by atoms with Crippen molar-refractivity contribution < 1.29 is 35.1 Å². The van der Waals surface area contributed by atoms with Crippen LogP contribution >= 0.6 is 76.7 Å². The first kappa shape index (κ1) is 68.5. The Bertz CT molecular complexity index is 450. The van der Waals surface area contributed by atoms with Gasteiger partial charge >= 0.3 is 67.9 Å². The van der Waals surface area contributed by atoms with Gasteiger partial charge in [0.2, 0.25) is 0 Å². The SMILES string of the molecule is CC(C)C(C)C.CC(C)C(C)C.CC(C)P(CCNCCP)C(C)C.CC(C)P(CCNCCP)C(C)C.[Br][Fe][Br].[CH-]=O.[CH-]=O.[FeH][Br]. The molecule has 13 heteroatoms. The Morgan fingerprint density at radius 2 is 0.681 bits per heavy atom. The third kappa shape index (κ3) is 71.5. The third-order valence-corrected chi connectivity index (χ3v) is 14.4. The van der Waals surface area contributed by atoms with Crippen LogP contribution in [0.1, 0.15) is 111 Å². The zero-order valence-corrected chi connectivity index (χ0v) is 44.3. The molecule has 0 heterocycles. The van der Waals surface area contributed by atoms with Crippen LogP contribution in [-0.4, -0.2) is 87.0 Å². The summed E-state index contributed by atoms with van der Waals surface area (Å²) in [6.07, 6.45) is 5.10. The molecule has 0 saturated heterocycles. The van der Waals surface area contributed by atoms with Gasteiger partial charge in [-0.15, -0.1) is 34.3 Å². The monoisotopic (exact) mass is 1020 g/mol. The first-order valence-electron chi connectivity index (χ1n) is 16.7.